The third-order valence-corrected chi connectivity index (χ3v) is 5.77. The maximum absolute atomic E-state index is 12.9. The molecule has 11 heteroatoms. The van der Waals surface area contributed by atoms with Gasteiger partial charge in [-0.25, -0.2) is 9.67 Å². The zero-order valence-electron chi connectivity index (χ0n) is 16.8. The highest BCUT2D eigenvalue weighted by molar-refractivity contribution is 7.14. The second-order valence-corrected chi connectivity index (χ2v) is 8.23. The van der Waals surface area contributed by atoms with Gasteiger partial charge in [-0.2, -0.15) is 5.10 Å². The molecule has 0 unspecified atom stereocenters. The van der Waals surface area contributed by atoms with E-state index in [0.29, 0.717) is 32.9 Å². The van der Waals surface area contributed by atoms with Gasteiger partial charge in [0.2, 0.25) is 0 Å². The Hall–Kier alpha value is -4.15. The molecule has 5 rings (SSSR count). The zero-order valence-corrected chi connectivity index (χ0v) is 18.4. The van der Waals surface area contributed by atoms with Crippen LogP contribution in [0.3, 0.4) is 0 Å². The summed E-state index contributed by atoms with van der Waals surface area (Å²) in [4.78, 5) is 31.4. The lowest BCUT2D eigenvalue weighted by Crippen LogP contribution is -2.13. The number of aromatic amines is 1. The number of primary amides is 1. The van der Waals surface area contributed by atoms with Crippen LogP contribution in [0.15, 0.2) is 70.8 Å². The summed E-state index contributed by atoms with van der Waals surface area (Å²) in [5.41, 5.74) is 8.36. The average Bonchev–Trinajstić information content (AvgIpc) is 3.60. The first-order valence-corrected chi connectivity index (χ1v) is 10.9. The number of nitrogens with zero attached hydrogens (tertiary/aromatic N) is 3. The number of nitrogens with one attached hydrogen (secondary N) is 2. The second-order valence-electron chi connectivity index (χ2n) is 6.94. The number of furan rings is 1. The van der Waals surface area contributed by atoms with Gasteiger partial charge < -0.3 is 15.1 Å². The van der Waals surface area contributed by atoms with Gasteiger partial charge in [-0.05, 0) is 42.5 Å². The van der Waals surface area contributed by atoms with Crippen molar-refractivity contribution in [2.45, 2.75) is 0 Å². The van der Waals surface area contributed by atoms with Crippen LogP contribution in [0.5, 0.6) is 0 Å². The number of benzene rings is 1. The lowest BCUT2D eigenvalue weighted by molar-refractivity contribution is 0.0993. The molecule has 0 aliphatic rings. The largest absolute Gasteiger partial charge is 0.463 e. The standard InChI is InChI=1S/C22H15ClN6O3S/c23-13-3-5-14(6-4-13)29-18(19-2-1-7-32-19)9-16(28-29)21(31)27-22-26-17(11-33-22)12-8-15(20(24)30)25-10-12/h1-11,25H,(H2,24,30)(H,26,27,31). The van der Waals surface area contributed by atoms with Gasteiger partial charge in [-0.1, -0.05) is 11.6 Å². The summed E-state index contributed by atoms with van der Waals surface area (Å²) in [7, 11) is 0. The van der Waals surface area contributed by atoms with Crippen LogP contribution < -0.4 is 11.1 Å². The molecule has 33 heavy (non-hydrogen) atoms. The Morgan fingerprint density at radius 2 is 2.00 bits per heavy atom. The summed E-state index contributed by atoms with van der Waals surface area (Å²) in [5.74, 6) is -0.428. The van der Waals surface area contributed by atoms with Crippen molar-refractivity contribution in [1.29, 1.82) is 0 Å². The van der Waals surface area contributed by atoms with Gasteiger partial charge in [0.15, 0.2) is 16.6 Å². The van der Waals surface area contributed by atoms with E-state index in [-0.39, 0.29) is 11.4 Å². The quantitative estimate of drug-likeness (QED) is 0.328. The SMILES string of the molecule is NC(=O)c1cc(-c2csc(NC(=O)c3cc(-c4ccco4)n(-c4ccc(Cl)cc4)n3)n2)c[nH]1. The van der Waals surface area contributed by atoms with Crippen molar-refractivity contribution in [3.05, 3.63) is 82.8 Å². The fourth-order valence-corrected chi connectivity index (χ4v) is 4.02. The van der Waals surface area contributed by atoms with E-state index >= 15 is 0 Å². The van der Waals surface area contributed by atoms with E-state index in [0.717, 1.165) is 5.69 Å². The summed E-state index contributed by atoms with van der Waals surface area (Å²) >= 11 is 7.26. The molecule has 5 aromatic rings. The Balaban J connectivity index is 1.42. The van der Waals surface area contributed by atoms with Gasteiger partial charge in [0.1, 0.15) is 11.4 Å². The van der Waals surface area contributed by atoms with Crippen molar-refractivity contribution in [3.8, 4) is 28.4 Å². The molecule has 0 fully saturated rings. The minimum atomic E-state index is -0.561. The van der Waals surface area contributed by atoms with E-state index in [1.165, 1.54) is 11.3 Å². The van der Waals surface area contributed by atoms with E-state index in [1.807, 2.05) is 0 Å². The monoisotopic (exact) mass is 478 g/mol. The molecule has 0 saturated carbocycles. The van der Waals surface area contributed by atoms with E-state index in [1.54, 1.807) is 71.1 Å². The van der Waals surface area contributed by atoms with Crippen molar-refractivity contribution in [2.24, 2.45) is 5.73 Å². The number of amides is 2. The molecular weight excluding hydrogens is 464 g/mol. The lowest BCUT2D eigenvalue weighted by atomic mass is 10.2. The first-order chi connectivity index (χ1) is 16.0. The van der Waals surface area contributed by atoms with Crippen LogP contribution in [0.4, 0.5) is 5.13 Å². The maximum Gasteiger partial charge on any atom is 0.277 e. The van der Waals surface area contributed by atoms with Crippen molar-refractivity contribution in [2.75, 3.05) is 5.32 Å². The summed E-state index contributed by atoms with van der Waals surface area (Å²) in [6.45, 7) is 0. The molecule has 2 amide bonds. The van der Waals surface area contributed by atoms with Crippen LogP contribution >= 0.6 is 22.9 Å². The molecule has 0 saturated heterocycles. The smallest absolute Gasteiger partial charge is 0.277 e. The number of thiazole rings is 1. The Bertz CT molecular complexity index is 1450. The third kappa shape index (κ3) is 4.16. The topological polar surface area (TPSA) is 132 Å². The van der Waals surface area contributed by atoms with Crippen LogP contribution in [0.2, 0.25) is 5.02 Å². The van der Waals surface area contributed by atoms with Crippen LogP contribution in [0.25, 0.3) is 28.4 Å². The number of hydrogen-bond acceptors (Lipinski definition) is 6. The molecule has 4 N–H and O–H groups in total. The number of aromatic nitrogens is 4. The average molecular weight is 479 g/mol. The summed E-state index contributed by atoms with van der Waals surface area (Å²) in [5, 5.41) is 9.98. The van der Waals surface area contributed by atoms with Crippen LogP contribution in [0.1, 0.15) is 21.0 Å². The number of rotatable bonds is 6. The first kappa shape index (κ1) is 20.7. The second kappa shape index (κ2) is 8.41. The number of anilines is 1. The van der Waals surface area contributed by atoms with E-state index in [2.05, 4.69) is 20.4 Å². The molecule has 1 aromatic carbocycles. The predicted molar refractivity (Wildman–Crippen MR) is 125 cm³/mol. The molecule has 164 valence electrons. The molecule has 4 aromatic heterocycles. The number of halogens is 1. The van der Waals surface area contributed by atoms with E-state index in [4.69, 9.17) is 21.8 Å². The number of H-pyrrole nitrogens is 1. The third-order valence-electron chi connectivity index (χ3n) is 4.76. The molecule has 4 heterocycles. The van der Waals surface area contributed by atoms with Crippen LogP contribution in [-0.4, -0.2) is 31.6 Å². The summed E-state index contributed by atoms with van der Waals surface area (Å²) in [6.07, 6.45) is 3.18. The first-order valence-electron chi connectivity index (χ1n) is 9.63. The minimum absolute atomic E-state index is 0.186. The molecule has 0 aliphatic heterocycles. The molecule has 9 nitrogen and oxygen atoms in total. The normalized spacial score (nSPS) is 10.9. The van der Waals surface area contributed by atoms with Gasteiger partial charge in [0.05, 0.1) is 17.6 Å². The number of hydrogen-bond donors (Lipinski definition) is 3. The van der Waals surface area contributed by atoms with Gasteiger partial charge >= 0.3 is 0 Å². The molecule has 0 aliphatic carbocycles. The Morgan fingerprint density at radius 3 is 2.70 bits per heavy atom. The molecule has 0 atom stereocenters. The number of carbonyl (C=O) groups is 2. The van der Waals surface area contributed by atoms with Gasteiger partial charge in [0.25, 0.3) is 11.8 Å². The highest BCUT2D eigenvalue weighted by Gasteiger charge is 2.20. The number of nitrogens with two attached hydrogens (primary N) is 1. The maximum atomic E-state index is 12.9. The fraction of sp³-hybridized carbons (Fsp3) is 0. The fourth-order valence-electron chi connectivity index (χ4n) is 3.18. The summed E-state index contributed by atoms with van der Waals surface area (Å²) in [6, 6.07) is 13.9. The molecular formula is C22H15ClN6O3S. The zero-order chi connectivity index (χ0) is 22.9. The summed E-state index contributed by atoms with van der Waals surface area (Å²) < 4.78 is 7.14. The highest BCUT2D eigenvalue weighted by Crippen LogP contribution is 2.28. The Kier molecular flexibility index (Phi) is 5.29. The number of carbonyl (C=O) groups excluding carboxylic acids is 2. The van der Waals surface area contributed by atoms with Gasteiger partial charge in [-0.15, -0.1) is 11.3 Å². The van der Waals surface area contributed by atoms with Gasteiger partial charge in [-0.3, -0.25) is 14.9 Å². The van der Waals surface area contributed by atoms with Crippen molar-refractivity contribution in [1.82, 2.24) is 19.7 Å². The molecule has 0 bridgehead atoms. The van der Waals surface area contributed by atoms with Crippen molar-refractivity contribution < 1.29 is 14.0 Å². The van der Waals surface area contributed by atoms with Crippen molar-refractivity contribution in [3.63, 3.8) is 0 Å². The lowest BCUT2D eigenvalue weighted by Gasteiger charge is -2.05. The van der Waals surface area contributed by atoms with Gasteiger partial charge in [0, 0.05) is 28.2 Å². The van der Waals surface area contributed by atoms with Crippen molar-refractivity contribution >= 4 is 39.9 Å². The highest BCUT2D eigenvalue weighted by atomic mass is 35.5. The van der Waals surface area contributed by atoms with Crippen LogP contribution in [-0.2, 0) is 0 Å². The Morgan fingerprint density at radius 1 is 1.18 bits per heavy atom. The minimum Gasteiger partial charge on any atom is -0.463 e. The van der Waals surface area contributed by atoms with E-state index in [9.17, 15) is 9.59 Å². The predicted octanol–water partition coefficient (Wildman–Crippen LogP) is 4.59. The molecule has 0 spiro atoms. The Labute approximate surface area is 195 Å². The van der Waals surface area contributed by atoms with E-state index < -0.39 is 11.8 Å². The van der Waals surface area contributed by atoms with Crippen LogP contribution in [0, 0.1) is 0 Å². The molecule has 0 radical (unpaired) electrons.